The van der Waals surface area contributed by atoms with Crippen LogP contribution in [0.5, 0.6) is 0 Å². The number of morpholine rings is 1. The SMILES string of the molecule is O=c1[nH]c2ccccc2cc1CN1CCCC[C@@H]1CN1CCOCC1. The maximum Gasteiger partial charge on any atom is 0.252 e. The van der Waals surface area contributed by atoms with Gasteiger partial charge in [0, 0.05) is 43.3 Å². The zero-order chi connectivity index (χ0) is 17.1. The van der Waals surface area contributed by atoms with E-state index in [0.29, 0.717) is 6.04 Å². The fourth-order valence-corrected chi connectivity index (χ4v) is 4.09. The molecular formula is C20H27N3O2. The largest absolute Gasteiger partial charge is 0.379 e. The third-order valence-corrected chi connectivity index (χ3v) is 5.53. The van der Waals surface area contributed by atoms with Crippen LogP contribution in [0, 0.1) is 0 Å². The molecule has 2 aliphatic heterocycles. The number of benzene rings is 1. The predicted octanol–water partition coefficient (Wildman–Crippen LogP) is 2.21. The van der Waals surface area contributed by atoms with Crippen molar-refractivity contribution in [2.24, 2.45) is 0 Å². The van der Waals surface area contributed by atoms with E-state index in [2.05, 4.69) is 26.9 Å². The Kier molecular flexibility index (Phi) is 5.15. The number of fused-ring (bicyclic) bond motifs is 1. The summed E-state index contributed by atoms with van der Waals surface area (Å²) in [5.41, 5.74) is 1.85. The summed E-state index contributed by atoms with van der Waals surface area (Å²) in [6, 6.07) is 10.6. The molecule has 0 bridgehead atoms. The second kappa shape index (κ2) is 7.68. The topological polar surface area (TPSA) is 48.6 Å². The maximum atomic E-state index is 12.5. The van der Waals surface area contributed by atoms with Gasteiger partial charge >= 0.3 is 0 Å². The van der Waals surface area contributed by atoms with Gasteiger partial charge in [-0.05, 0) is 36.9 Å². The van der Waals surface area contributed by atoms with Crippen LogP contribution in [-0.4, -0.2) is 60.2 Å². The monoisotopic (exact) mass is 341 g/mol. The zero-order valence-corrected chi connectivity index (χ0v) is 14.7. The van der Waals surface area contributed by atoms with Crippen LogP contribution in [0.4, 0.5) is 0 Å². The molecule has 3 heterocycles. The van der Waals surface area contributed by atoms with Gasteiger partial charge in [-0.25, -0.2) is 0 Å². The number of likely N-dealkylation sites (tertiary alicyclic amines) is 1. The van der Waals surface area contributed by atoms with Crippen molar-refractivity contribution in [2.75, 3.05) is 39.4 Å². The van der Waals surface area contributed by atoms with Gasteiger partial charge in [0.1, 0.15) is 0 Å². The smallest absolute Gasteiger partial charge is 0.252 e. The first-order valence-corrected chi connectivity index (χ1v) is 9.45. The first-order valence-electron chi connectivity index (χ1n) is 9.45. The fourth-order valence-electron chi connectivity index (χ4n) is 4.09. The van der Waals surface area contributed by atoms with Crippen LogP contribution < -0.4 is 5.56 Å². The number of piperidine rings is 1. The minimum absolute atomic E-state index is 0.0504. The lowest BCUT2D eigenvalue weighted by molar-refractivity contribution is 0.0152. The number of aromatic nitrogens is 1. The molecule has 0 radical (unpaired) electrons. The molecule has 5 nitrogen and oxygen atoms in total. The Morgan fingerprint density at radius 2 is 1.96 bits per heavy atom. The summed E-state index contributed by atoms with van der Waals surface area (Å²) in [5.74, 6) is 0. The van der Waals surface area contributed by atoms with Crippen molar-refractivity contribution < 1.29 is 4.74 Å². The minimum Gasteiger partial charge on any atom is -0.379 e. The molecule has 1 aromatic carbocycles. The van der Waals surface area contributed by atoms with E-state index in [1.807, 2.05) is 18.2 Å². The van der Waals surface area contributed by atoms with Gasteiger partial charge < -0.3 is 9.72 Å². The summed E-state index contributed by atoms with van der Waals surface area (Å²) in [7, 11) is 0. The highest BCUT2D eigenvalue weighted by molar-refractivity contribution is 5.78. The quantitative estimate of drug-likeness (QED) is 0.926. The fraction of sp³-hybridized carbons (Fsp3) is 0.550. The zero-order valence-electron chi connectivity index (χ0n) is 14.7. The molecule has 1 aromatic heterocycles. The Bertz CT molecular complexity index is 767. The molecule has 25 heavy (non-hydrogen) atoms. The van der Waals surface area contributed by atoms with Crippen molar-refractivity contribution in [3.05, 3.63) is 46.2 Å². The molecule has 0 aliphatic carbocycles. The van der Waals surface area contributed by atoms with Crippen molar-refractivity contribution >= 4 is 10.9 Å². The number of H-pyrrole nitrogens is 1. The van der Waals surface area contributed by atoms with Gasteiger partial charge in [-0.2, -0.15) is 0 Å². The molecular weight excluding hydrogens is 314 g/mol. The van der Waals surface area contributed by atoms with Gasteiger partial charge in [-0.1, -0.05) is 24.6 Å². The molecule has 0 saturated carbocycles. The number of rotatable bonds is 4. The van der Waals surface area contributed by atoms with Gasteiger partial charge in [0.2, 0.25) is 0 Å². The lowest BCUT2D eigenvalue weighted by Crippen LogP contribution is -2.49. The molecule has 2 aromatic rings. The summed E-state index contributed by atoms with van der Waals surface area (Å²) in [6.45, 7) is 6.67. The van der Waals surface area contributed by atoms with Crippen LogP contribution in [0.2, 0.25) is 0 Å². The van der Waals surface area contributed by atoms with Gasteiger partial charge in [0.15, 0.2) is 0 Å². The molecule has 2 fully saturated rings. The van der Waals surface area contributed by atoms with E-state index >= 15 is 0 Å². The summed E-state index contributed by atoms with van der Waals surface area (Å²) < 4.78 is 5.47. The Balaban J connectivity index is 1.51. The summed E-state index contributed by atoms with van der Waals surface area (Å²) >= 11 is 0. The number of para-hydroxylation sites is 1. The number of nitrogens with zero attached hydrogens (tertiary/aromatic N) is 2. The van der Waals surface area contributed by atoms with E-state index in [9.17, 15) is 4.79 Å². The second-order valence-corrected chi connectivity index (χ2v) is 7.24. The van der Waals surface area contributed by atoms with Crippen LogP contribution in [-0.2, 0) is 11.3 Å². The Morgan fingerprint density at radius 3 is 2.84 bits per heavy atom. The second-order valence-electron chi connectivity index (χ2n) is 7.24. The number of hydrogen-bond donors (Lipinski definition) is 1. The number of hydrogen-bond acceptors (Lipinski definition) is 4. The molecule has 1 atom stereocenters. The van der Waals surface area contributed by atoms with Gasteiger partial charge in [0.25, 0.3) is 5.56 Å². The van der Waals surface area contributed by atoms with Crippen molar-refractivity contribution in [1.29, 1.82) is 0 Å². The summed E-state index contributed by atoms with van der Waals surface area (Å²) in [4.78, 5) is 20.6. The molecule has 1 N–H and O–H groups in total. The number of nitrogens with one attached hydrogen (secondary N) is 1. The summed E-state index contributed by atoms with van der Waals surface area (Å²) in [5, 5.41) is 1.11. The van der Waals surface area contributed by atoms with Gasteiger partial charge in [0.05, 0.1) is 13.2 Å². The Morgan fingerprint density at radius 1 is 1.12 bits per heavy atom. The Labute approximate surface area is 148 Å². The van der Waals surface area contributed by atoms with Crippen LogP contribution >= 0.6 is 0 Å². The first-order chi connectivity index (χ1) is 12.3. The number of aromatic amines is 1. The standard InChI is InChI=1S/C20H27N3O2/c24-20-17(13-16-5-1-2-7-19(16)21-20)14-23-8-4-3-6-18(23)15-22-9-11-25-12-10-22/h1-2,5,7,13,18H,3-4,6,8-12,14-15H2,(H,21,24)/t18-/m1/s1. The highest BCUT2D eigenvalue weighted by Gasteiger charge is 2.26. The van der Waals surface area contributed by atoms with E-state index in [4.69, 9.17) is 4.74 Å². The Hall–Kier alpha value is -1.69. The molecule has 0 amide bonds. The highest BCUT2D eigenvalue weighted by Crippen LogP contribution is 2.21. The molecule has 134 valence electrons. The molecule has 5 heteroatoms. The van der Waals surface area contributed by atoms with Crippen LogP contribution in [0.3, 0.4) is 0 Å². The van der Waals surface area contributed by atoms with E-state index in [0.717, 1.165) is 62.4 Å². The van der Waals surface area contributed by atoms with Crippen LogP contribution in [0.15, 0.2) is 35.1 Å². The number of ether oxygens (including phenoxy) is 1. The average Bonchev–Trinajstić information content (AvgIpc) is 2.65. The van der Waals surface area contributed by atoms with E-state index in [1.54, 1.807) is 0 Å². The van der Waals surface area contributed by atoms with Crippen molar-refractivity contribution in [1.82, 2.24) is 14.8 Å². The summed E-state index contributed by atoms with van der Waals surface area (Å²) in [6.07, 6.45) is 3.74. The number of pyridine rings is 1. The van der Waals surface area contributed by atoms with Crippen LogP contribution in [0.25, 0.3) is 10.9 Å². The first kappa shape index (κ1) is 16.8. The van der Waals surface area contributed by atoms with Gasteiger partial charge in [-0.15, -0.1) is 0 Å². The molecule has 2 saturated heterocycles. The van der Waals surface area contributed by atoms with Crippen LogP contribution in [0.1, 0.15) is 24.8 Å². The lowest BCUT2D eigenvalue weighted by atomic mass is 10.0. The third-order valence-electron chi connectivity index (χ3n) is 5.53. The highest BCUT2D eigenvalue weighted by atomic mass is 16.5. The van der Waals surface area contributed by atoms with E-state index in [-0.39, 0.29) is 5.56 Å². The molecule has 0 unspecified atom stereocenters. The third kappa shape index (κ3) is 3.94. The molecule has 2 aliphatic rings. The van der Waals surface area contributed by atoms with Crippen molar-refractivity contribution in [3.8, 4) is 0 Å². The van der Waals surface area contributed by atoms with E-state index in [1.165, 1.54) is 19.3 Å². The lowest BCUT2D eigenvalue weighted by Gasteiger charge is -2.39. The minimum atomic E-state index is 0.0504. The van der Waals surface area contributed by atoms with Crippen molar-refractivity contribution in [3.63, 3.8) is 0 Å². The van der Waals surface area contributed by atoms with Gasteiger partial charge in [-0.3, -0.25) is 14.6 Å². The molecule has 4 rings (SSSR count). The normalized spacial score (nSPS) is 23.1. The average molecular weight is 341 g/mol. The van der Waals surface area contributed by atoms with Crippen molar-refractivity contribution in [2.45, 2.75) is 31.8 Å². The predicted molar refractivity (Wildman–Crippen MR) is 99.9 cm³/mol. The maximum absolute atomic E-state index is 12.5. The molecule has 0 spiro atoms. The van der Waals surface area contributed by atoms with E-state index < -0.39 is 0 Å².